The minimum Gasteiger partial charge on any atom is -0.466 e. The molecule has 2 heterocycles. The van der Waals surface area contributed by atoms with E-state index in [4.69, 9.17) is 18.9 Å². The molecule has 1 aromatic rings. The van der Waals surface area contributed by atoms with Crippen LogP contribution < -0.4 is 14.8 Å². The van der Waals surface area contributed by atoms with Crippen molar-refractivity contribution >= 4 is 27.9 Å². The van der Waals surface area contributed by atoms with Crippen LogP contribution in [-0.2, 0) is 19.1 Å². The molecular formula is C18H18BrNO6. The highest BCUT2D eigenvalue weighted by molar-refractivity contribution is 9.10. The molecule has 0 atom stereocenters. The Kier molecular flexibility index (Phi) is 4.95. The number of benzene rings is 1. The lowest BCUT2D eigenvalue weighted by Gasteiger charge is -2.30. The van der Waals surface area contributed by atoms with Crippen LogP contribution in [0, 0.1) is 0 Å². The van der Waals surface area contributed by atoms with Gasteiger partial charge in [-0.15, -0.1) is 0 Å². The Hall–Kier alpha value is -2.48. The fourth-order valence-corrected chi connectivity index (χ4v) is 3.77. The normalized spacial score (nSPS) is 16.5. The number of halogens is 1. The van der Waals surface area contributed by atoms with Crippen LogP contribution in [0.25, 0.3) is 0 Å². The van der Waals surface area contributed by atoms with Gasteiger partial charge in [-0.2, -0.15) is 0 Å². The zero-order valence-corrected chi connectivity index (χ0v) is 16.4. The average Bonchev–Trinajstić information content (AvgIpc) is 3.06. The quantitative estimate of drug-likeness (QED) is 0.748. The molecule has 0 saturated carbocycles. The van der Waals surface area contributed by atoms with Crippen molar-refractivity contribution in [3.05, 3.63) is 44.7 Å². The minimum atomic E-state index is -0.681. The number of rotatable bonds is 3. The molecule has 1 aromatic carbocycles. The van der Waals surface area contributed by atoms with Crippen molar-refractivity contribution in [3.8, 4) is 11.5 Å². The van der Waals surface area contributed by atoms with E-state index < -0.39 is 17.9 Å². The van der Waals surface area contributed by atoms with Gasteiger partial charge in [0.15, 0.2) is 11.5 Å². The number of nitrogens with one attached hydrogen (secondary N) is 1. The number of methoxy groups -OCH3 is 2. The fraction of sp³-hybridized carbons (Fsp3) is 0.333. The van der Waals surface area contributed by atoms with Gasteiger partial charge < -0.3 is 24.3 Å². The molecule has 0 fully saturated rings. The molecule has 0 bridgehead atoms. The summed E-state index contributed by atoms with van der Waals surface area (Å²) in [5, 5.41) is 3.07. The molecule has 0 radical (unpaired) electrons. The summed E-state index contributed by atoms with van der Waals surface area (Å²) in [7, 11) is 2.61. The Morgan fingerprint density at radius 3 is 2.04 bits per heavy atom. The summed E-state index contributed by atoms with van der Waals surface area (Å²) in [6, 6.07) is 3.52. The summed E-state index contributed by atoms with van der Waals surface area (Å²) in [4.78, 5) is 25.0. The summed E-state index contributed by atoms with van der Waals surface area (Å²) in [5.41, 5.74) is 2.56. The van der Waals surface area contributed by atoms with E-state index in [0.717, 1.165) is 0 Å². The Balaban J connectivity index is 2.25. The number of allylic oxidation sites excluding steroid dienone is 2. The molecule has 7 nitrogen and oxygen atoms in total. The van der Waals surface area contributed by atoms with Gasteiger partial charge in [0.2, 0.25) is 6.79 Å². The molecule has 1 N–H and O–H groups in total. The maximum Gasteiger partial charge on any atom is 0.336 e. The predicted molar refractivity (Wildman–Crippen MR) is 95.6 cm³/mol. The number of dihydropyridines is 1. The number of carbonyl (C=O) groups is 2. The van der Waals surface area contributed by atoms with Crippen LogP contribution >= 0.6 is 15.9 Å². The number of hydrogen-bond donors (Lipinski definition) is 1. The number of ether oxygens (including phenoxy) is 4. The zero-order chi connectivity index (χ0) is 19.0. The van der Waals surface area contributed by atoms with Crippen LogP contribution in [0.4, 0.5) is 0 Å². The van der Waals surface area contributed by atoms with E-state index in [1.54, 1.807) is 26.0 Å². The van der Waals surface area contributed by atoms with Gasteiger partial charge in [0, 0.05) is 15.9 Å². The lowest BCUT2D eigenvalue weighted by Crippen LogP contribution is -2.32. The Labute approximate surface area is 159 Å². The van der Waals surface area contributed by atoms with Crippen LogP contribution in [0.5, 0.6) is 11.5 Å². The van der Waals surface area contributed by atoms with Gasteiger partial charge in [-0.1, -0.05) is 15.9 Å². The predicted octanol–water partition coefficient (Wildman–Crippen LogP) is 2.76. The van der Waals surface area contributed by atoms with Crippen LogP contribution in [0.15, 0.2) is 39.1 Å². The molecule has 26 heavy (non-hydrogen) atoms. The molecular weight excluding hydrogens is 406 g/mol. The zero-order valence-electron chi connectivity index (χ0n) is 14.8. The highest BCUT2D eigenvalue weighted by atomic mass is 79.9. The van der Waals surface area contributed by atoms with E-state index in [1.807, 2.05) is 0 Å². The van der Waals surface area contributed by atoms with E-state index in [2.05, 4.69) is 21.2 Å². The van der Waals surface area contributed by atoms with Crippen LogP contribution in [0.1, 0.15) is 25.3 Å². The fourth-order valence-electron chi connectivity index (χ4n) is 3.22. The van der Waals surface area contributed by atoms with Crippen molar-refractivity contribution in [2.75, 3.05) is 21.0 Å². The second-order valence-electron chi connectivity index (χ2n) is 5.85. The number of fused-ring (bicyclic) bond motifs is 1. The Bertz CT molecular complexity index is 819. The van der Waals surface area contributed by atoms with Gasteiger partial charge in [-0.25, -0.2) is 9.59 Å². The summed E-state index contributed by atoms with van der Waals surface area (Å²) in [5.74, 6) is -0.599. The first kappa shape index (κ1) is 18.3. The summed E-state index contributed by atoms with van der Waals surface area (Å²) < 4.78 is 21.4. The lowest BCUT2D eigenvalue weighted by atomic mass is 9.80. The van der Waals surface area contributed by atoms with E-state index in [-0.39, 0.29) is 6.79 Å². The first-order chi connectivity index (χ1) is 12.4. The molecule has 2 aliphatic heterocycles. The summed E-state index contributed by atoms with van der Waals surface area (Å²) in [6.07, 6.45) is 0. The third kappa shape index (κ3) is 2.94. The lowest BCUT2D eigenvalue weighted by molar-refractivity contribution is -0.137. The van der Waals surface area contributed by atoms with Gasteiger partial charge in [0.05, 0.1) is 31.3 Å². The molecule has 0 amide bonds. The van der Waals surface area contributed by atoms with Crippen molar-refractivity contribution in [3.63, 3.8) is 0 Å². The molecule has 2 aliphatic rings. The van der Waals surface area contributed by atoms with Gasteiger partial charge in [-0.3, -0.25) is 0 Å². The van der Waals surface area contributed by atoms with Crippen LogP contribution in [-0.4, -0.2) is 33.0 Å². The third-order valence-electron chi connectivity index (χ3n) is 4.37. The highest BCUT2D eigenvalue weighted by Gasteiger charge is 2.39. The number of carbonyl (C=O) groups excluding carboxylic acids is 2. The largest absolute Gasteiger partial charge is 0.466 e. The average molecular weight is 424 g/mol. The monoisotopic (exact) mass is 423 g/mol. The molecule has 0 aromatic heterocycles. The van der Waals surface area contributed by atoms with E-state index in [1.165, 1.54) is 14.2 Å². The topological polar surface area (TPSA) is 83.1 Å². The molecule has 8 heteroatoms. The van der Waals surface area contributed by atoms with Crippen molar-refractivity contribution in [2.45, 2.75) is 19.8 Å². The van der Waals surface area contributed by atoms with E-state index in [0.29, 0.717) is 44.1 Å². The second kappa shape index (κ2) is 7.03. The first-order valence-corrected chi connectivity index (χ1v) is 8.62. The van der Waals surface area contributed by atoms with E-state index >= 15 is 0 Å². The summed E-state index contributed by atoms with van der Waals surface area (Å²) >= 11 is 3.52. The van der Waals surface area contributed by atoms with Crippen LogP contribution in [0.3, 0.4) is 0 Å². The van der Waals surface area contributed by atoms with Gasteiger partial charge in [0.25, 0.3) is 0 Å². The third-order valence-corrected chi connectivity index (χ3v) is 5.06. The maximum absolute atomic E-state index is 12.5. The summed E-state index contributed by atoms with van der Waals surface area (Å²) in [6.45, 7) is 3.64. The Morgan fingerprint density at radius 1 is 1.04 bits per heavy atom. The van der Waals surface area contributed by atoms with Gasteiger partial charge in [-0.05, 0) is 31.5 Å². The smallest absolute Gasteiger partial charge is 0.336 e. The SMILES string of the molecule is COC(=O)C1=C(C)NC(C)=C(C(=O)OC)C1c1cc2c(cc1Br)OCO2. The maximum atomic E-state index is 12.5. The minimum absolute atomic E-state index is 0.120. The molecule has 0 spiro atoms. The van der Waals surface area contributed by atoms with Crippen LogP contribution in [0.2, 0.25) is 0 Å². The number of hydrogen-bond acceptors (Lipinski definition) is 7. The molecule has 138 valence electrons. The van der Waals surface area contributed by atoms with Crippen molar-refractivity contribution in [1.82, 2.24) is 5.32 Å². The first-order valence-electron chi connectivity index (χ1n) is 7.83. The van der Waals surface area contributed by atoms with E-state index in [9.17, 15) is 9.59 Å². The molecule has 0 saturated heterocycles. The van der Waals surface area contributed by atoms with Crippen molar-refractivity contribution < 1.29 is 28.5 Å². The molecule has 0 aliphatic carbocycles. The second-order valence-corrected chi connectivity index (χ2v) is 6.70. The van der Waals surface area contributed by atoms with Crippen molar-refractivity contribution in [1.29, 1.82) is 0 Å². The Morgan fingerprint density at radius 2 is 1.54 bits per heavy atom. The number of esters is 2. The standard InChI is InChI=1S/C18H18BrNO6/c1-8-14(17(21)23-3)16(15(9(2)20-8)18(22)24-4)10-5-12-13(6-11(10)19)26-7-25-12/h5-6,16,20H,7H2,1-4H3. The molecule has 0 unspecified atom stereocenters. The van der Waals surface area contributed by atoms with Crippen molar-refractivity contribution in [2.24, 2.45) is 0 Å². The van der Waals surface area contributed by atoms with Gasteiger partial charge in [0.1, 0.15) is 0 Å². The van der Waals surface area contributed by atoms with Gasteiger partial charge >= 0.3 is 11.9 Å². The molecule has 3 rings (SSSR count). The highest BCUT2D eigenvalue weighted by Crippen LogP contribution is 2.46.